The molecule has 0 amide bonds. The Labute approximate surface area is 238 Å². The Morgan fingerprint density at radius 2 is 1.54 bits per heavy atom. The van der Waals surface area contributed by atoms with Gasteiger partial charge < -0.3 is 9.47 Å². The van der Waals surface area contributed by atoms with E-state index in [1.165, 1.54) is 18.5 Å². The van der Waals surface area contributed by atoms with E-state index in [2.05, 4.69) is 46.5 Å². The van der Waals surface area contributed by atoms with Crippen molar-refractivity contribution in [3.8, 4) is 0 Å². The van der Waals surface area contributed by atoms with E-state index >= 15 is 4.39 Å². The molecule has 1 aliphatic heterocycles. The van der Waals surface area contributed by atoms with Crippen molar-refractivity contribution >= 4 is 0 Å². The van der Waals surface area contributed by atoms with Crippen molar-refractivity contribution < 1.29 is 18.3 Å². The van der Waals surface area contributed by atoms with Crippen LogP contribution >= 0.6 is 0 Å². The van der Waals surface area contributed by atoms with E-state index in [1.807, 2.05) is 54.6 Å². The summed E-state index contributed by atoms with van der Waals surface area (Å²) in [4.78, 5) is 4.04. The third-order valence-electron chi connectivity index (χ3n) is 7.86. The van der Waals surface area contributed by atoms with Gasteiger partial charge in [-0.25, -0.2) is 18.4 Å². The fraction of sp³-hybridized carbons (Fsp3) is 0.235. The molecule has 208 valence electrons. The fourth-order valence-corrected chi connectivity index (χ4v) is 5.93. The second kappa shape index (κ2) is 11.7. The molecular formula is C34H31F2N3O2. The molecule has 6 rings (SSSR count). The Morgan fingerprint density at radius 3 is 2.15 bits per heavy atom. The summed E-state index contributed by atoms with van der Waals surface area (Å²) in [5, 5.41) is 4.23. The van der Waals surface area contributed by atoms with Crippen molar-refractivity contribution in [1.29, 1.82) is 0 Å². The molecule has 0 saturated carbocycles. The highest BCUT2D eigenvalue weighted by atomic mass is 19.1. The van der Waals surface area contributed by atoms with Gasteiger partial charge in [-0.2, -0.15) is 5.10 Å². The van der Waals surface area contributed by atoms with Gasteiger partial charge in [0.15, 0.2) is 0 Å². The van der Waals surface area contributed by atoms with Crippen LogP contribution in [0, 0.1) is 17.6 Å². The molecule has 7 heteroatoms. The second-order valence-corrected chi connectivity index (χ2v) is 10.6. The minimum absolute atomic E-state index is 0.0504. The van der Waals surface area contributed by atoms with Crippen molar-refractivity contribution in [2.24, 2.45) is 5.92 Å². The van der Waals surface area contributed by atoms with Crippen molar-refractivity contribution in [2.45, 2.75) is 30.6 Å². The molecule has 5 aromatic rings. The zero-order valence-corrected chi connectivity index (χ0v) is 22.6. The van der Waals surface area contributed by atoms with Crippen LogP contribution in [0.15, 0.2) is 122 Å². The van der Waals surface area contributed by atoms with Crippen LogP contribution in [-0.4, -0.2) is 28.0 Å². The van der Waals surface area contributed by atoms with Crippen LogP contribution in [0.25, 0.3) is 0 Å². The largest absolute Gasteiger partial charge is 0.368 e. The minimum atomic E-state index is -1.04. The predicted molar refractivity (Wildman–Crippen MR) is 152 cm³/mol. The number of hydrogen-bond acceptors (Lipinski definition) is 4. The van der Waals surface area contributed by atoms with E-state index in [4.69, 9.17) is 9.47 Å². The van der Waals surface area contributed by atoms with Gasteiger partial charge in [0.05, 0.1) is 19.8 Å². The molecule has 1 aliphatic rings. The highest BCUT2D eigenvalue weighted by molar-refractivity contribution is 5.39. The first kappa shape index (κ1) is 27.0. The van der Waals surface area contributed by atoms with E-state index in [1.54, 1.807) is 11.0 Å². The lowest BCUT2D eigenvalue weighted by molar-refractivity contribution is -0.0402. The lowest BCUT2D eigenvalue weighted by Gasteiger charge is -2.36. The van der Waals surface area contributed by atoms with E-state index in [-0.39, 0.29) is 12.5 Å². The number of halogens is 2. The topological polar surface area (TPSA) is 49.2 Å². The zero-order valence-electron chi connectivity index (χ0n) is 22.6. The molecular weight excluding hydrogens is 520 g/mol. The monoisotopic (exact) mass is 551 g/mol. The summed E-state index contributed by atoms with van der Waals surface area (Å²) < 4.78 is 44.1. The molecule has 0 aliphatic carbocycles. The van der Waals surface area contributed by atoms with Crippen LogP contribution in [0.1, 0.15) is 28.7 Å². The van der Waals surface area contributed by atoms with Crippen molar-refractivity contribution in [3.63, 3.8) is 0 Å². The Bertz CT molecular complexity index is 1510. The Kier molecular flexibility index (Phi) is 7.72. The lowest BCUT2D eigenvalue weighted by Crippen LogP contribution is -2.36. The maximum absolute atomic E-state index is 15.2. The van der Waals surface area contributed by atoms with Crippen molar-refractivity contribution in [3.05, 3.63) is 156 Å². The van der Waals surface area contributed by atoms with Gasteiger partial charge in [-0.3, -0.25) is 0 Å². The molecule has 0 bridgehead atoms. The highest BCUT2D eigenvalue weighted by Crippen LogP contribution is 2.44. The molecule has 41 heavy (non-hydrogen) atoms. The Hall–Kier alpha value is -4.20. The van der Waals surface area contributed by atoms with Gasteiger partial charge in [0, 0.05) is 24.0 Å². The number of ether oxygens (including phenoxy) is 2. The van der Waals surface area contributed by atoms with Crippen LogP contribution in [0.4, 0.5) is 8.78 Å². The molecule has 1 fully saturated rings. The van der Waals surface area contributed by atoms with Gasteiger partial charge in [0.2, 0.25) is 0 Å². The SMILES string of the molecule is Fc1ccc([C@@]2(Cn3cncn3)C[C@H](COC(Cc3ccccc3)(c3ccccc3)c3ccccc3)CO2)c(F)c1. The van der Waals surface area contributed by atoms with E-state index in [0.717, 1.165) is 22.8 Å². The third-order valence-corrected chi connectivity index (χ3v) is 7.86. The first-order valence-corrected chi connectivity index (χ1v) is 13.8. The summed E-state index contributed by atoms with van der Waals surface area (Å²) in [7, 11) is 0. The van der Waals surface area contributed by atoms with E-state index < -0.39 is 22.8 Å². The molecule has 0 unspecified atom stereocenters. The number of hydrogen-bond donors (Lipinski definition) is 0. The highest BCUT2D eigenvalue weighted by Gasteiger charge is 2.46. The Morgan fingerprint density at radius 1 is 0.878 bits per heavy atom. The van der Waals surface area contributed by atoms with Gasteiger partial charge >= 0.3 is 0 Å². The molecule has 5 nitrogen and oxygen atoms in total. The molecule has 1 aromatic heterocycles. The maximum Gasteiger partial charge on any atom is 0.137 e. The van der Waals surface area contributed by atoms with Crippen LogP contribution in [0.2, 0.25) is 0 Å². The van der Waals surface area contributed by atoms with Crippen LogP contribution in [0.5, 0.6) is 0 Å². The van der Waals surface area contributed by atoms with Crippen molar-refractivity contribution in [1.82, 2.24) is 14.8 Å². The Balaban J connectivity index is 1.34. The number of aromatic nitrogens is 3. The average molecular weight is 552 g/mol. The maximum atomic E-state index is 15.2. The summed E-state index contributed by atoms with van der Waals surface area (Å²) in [6.45, 7) is 0.980. The molecule has 0 N–H and O–H groups in total. The van der Waals surface area contributed by atoms with Crippen LogP contribution < -0.4 is 0 Å². The molecule has 1 saturated heterocycles. The molecule has 2 atom stereocenters. The van der Waals surface area contributed by atoms with Gasteiger partial charge in [0.1, 0.15) is 35.5 Å². The smallest absolute Gasteiger partial charge is 0.137 e. The van der Waals surface area contributed by atoms with E-state index in [9.17, 15) is 4.39 Å². The van der Waals surface area contributed by atoms with Gasteiger partial charge in [-0.05, 0) is 29.2 Å². The number of benzene rings is 4. The lowest BCUT2D eigenvalue weighted by atomic mass is 9.80. The van der Waals surface area contributed by atoms with Crippen LogP contribution in [-0.2, 0) is 33.6 Å². The minimum Gasteiger partial charge on any atom is -0.368 e. The van der Waals surface area contributed by atoms with Gasteiger partial charge in [-0.1, -0.05) is 97.1 Å². The third kappa shape index (κ3) is 5.69. The summed E-state index contributed by atoms with van der Waals surface area (Å²) in [5.74, 6) is -1.32. The predicted octanol–water partition coefficient (Wildman–Crippen LogP) is 6.69. The van der Waals surface area contributed by atoms with Gasteiger partial charge in [-0.15, -0.1) is 0 Å². The average Bonchev–Trinajstić information content (AvgIpc) is 3.67. The summed E-state index contributed by atoms with van der Waals surface area (Å²) >= 11 is 0. The standard InChI is InChI=1S/C34H31F2N3O2/c35-30-16-17-31(32(36)18-30)33(23-39-25-37-24-38-39)19-27(21-40-33)22-41-34(28-12-6-2-7-13-28,29-14-8-3-9-15-29)20-26-10-4-1-5-11-26/h1-18,24-25,27H,19-23H2/t27-,33-/m0/s1. The summed E-state index contributed by atoms with van der Waals surface area (Å²) in [6.07, 6.45) is 4.11. The number of nitrogens with zero attached hydrogens (tertiary/aromatic N) is 3. The van der Waals surface area contributed by atoms with Gasteiger partial charge in [0.25, 0.3) is 0 Å². The van der Waals surface area contributed by atoms with E-state index in [0.29, 0.717) is 31.6 Å². The summed E-state index contributed by atoms with van der Waals surface area (Å²) in [6, 6.07) is 34.5. The quantitative estimate of drug-likeness (QED) is 0.194. The first-order valence-electron chi connectivity index (χ1n) is 13.8. The molecule has 0 radical (unpaired) electrons. The van der Waals surface area contributed by atoms with Crippen molar-refractivity contribution in [2.75, 3.05) is 13.2 Å². The number of rotatable bonds is 10. The second-order valence-electron chi connectivity index (χ2n) is 10.6. The van der Waals surface area contributed by atoms with Crippen LogP contribution in [0.3, 0.4) is 0 Å². The molecule has 0 spiro atoms. The molecule has 4 aromatic carbocycles. The summed E-state index contributed by atoms with van der Waals surface area (Å²) in [5.41, 5.74) is 1.75. The normalized spacial score (nSPS) is 18.9. The fourth-order valence-electron chi connectivity index (χ4n) is 5.93. The first-order chi connectivity index (χ1) is 20.1. The molecule has 2 heterocycles. The zero-order chi connectivity index (χ0) is 28.1.